The molecular formula is C15H11F4NO4S. The third-order valence-electron chi connectivity index (χ3n) is 3.34. The summed E-state index contributed by atoms with van der Waals surface area (Å²) in [6.07, 6.45) is -9.71. The van der Waals surface area contributed by atoms with Gasteiger partial charge in [0.15, 0.2) is 11.5 Å². The third kappa shape index (κ3) is 3.21. The Morgan fingerprint density at radius 2 is 1.44 bits per heavy atom. The molecule has 0 spiro atoms. The van der Waals surface area contributed by atoms with Crippen LogP contribution in [-0.4, -0.2) is 20.6 Å². The molecule has 10 heteroatoms. The molecule has 0 saturated carbocycles. The van der Waals surface area contributed by atoms with Gasteiger partial charge in [-0.05, 0) is 31.2 Å². The standard InChI is InChI=1S/C15H11F4NO4S/c1-9-2-5-11(6-3-9)25(21,22)20-10-4-7-12-13(8-10)24-15(18,19)14(16,17)23-12/h2-8,20H,1H3. The van der Waals surface area contributed by atoms with E-state index >= 15 is 0 Å². The van der Waals surface area contributed by atoms with Crippen molar-refractivity contribution in [1.29, 1.82) is 0 Å². The minimum Gasteiger partial charge on any atom is -0.421 e. The number of benzene rings is 2. The van der Waals surface area contributed by atoms with Crippen LogP contribution in [0.25, 0.3) is 0 Å². The zero-order valence-electron chi connectivity index (χ0n) is 12.6. The van der Waals surface area contributed by atoms with Crippen LogP contribution in [0.3, 0.4) is 0 Å². The molecule has 0 atom stereocenters. The first kappa shape index (κ1) is 17.3. The topological polar surface area (TPSA) is 64.6 Å². The molecule has 134 valence electrons. The summed E-state index contributed by atoms with van der Waals surface area (Å²) in [6.45, 7) is 1.78. The van der Waals surface area contributed by atoms with Crippen molar-refractivity contribution in [2.24, 2.45) is 0 Å². The summed E-state index contributed by atoms with van der Waals surface area (Å²) < 4.78 is 87.1. The number of hydrogen-bond donors (Lipinski definition) is 1. The lowest BCUT2D eigenvalue weighted by atomic mass is 10.2. The van der Waals surface area contributed by atoms with Crippen molar-refractivity contribution in [3.63, 3.8) is 0 Å². The zero-order chi connectivity index (χ0) is 18.5. The van der Waals surface area contributed by atoms with E-state index in [0.29, 0.717) is 0 Å². The van der Waals surface area contributed by atoms with Gasteiger partial charge in [-0.1, -0.05) is 17.7 Å². The van der Waals surface area contributed by atoms with Gasteiger partial charge in [0.25, 0.3) is 10.0 Å². The van der Waals surface area contributed by atoms with Gasteiger partial charge in [-0.3, -0.25) is 4.72 Å². The highest BCUT2D eigenvalue weighted by Gasteiger charge is 2.65. The molecule has 25 heavy (non-hydrogen) atoms. The normalized spacial score (nSPS) is 17.8. The Kier molecular flexibility index (Phi) is 3.82. The van der Waals surface area contributed by atoms with Crippen molar-refractivity contribution in [2.45, 2.75) is 24.0 Å². The maximum atomic E-state index is 13.2. The van der Waals surface area contributed by atoms with Crippen LogP contribution in [0.1, 0.15) is 5.56 Å². The maximum Gasteiger partial charge on any atom is 0.507 e. The number of anilines is 1. The SMILES string of the molecule is Cc1ccc(S(=O)(=O)Nc2ccc3c(c2)OC(F)(F)C(F)(F)O3)cc1. The maximum absolute atomic E-state index is 13.2. The van der Waals surface area contributed by atoms with E-state index in [1.165, 1.54) is 12.1 Å². The lowest BCUT2D eigenvalue weighted by Gasteiger charge is -2.31. The van der Waals surface area contributed by atoms with Crippen LogP contribution in [0, 0.1) is 6.92 Å². The number of fused-ring (bicyclic) bond motifs is 1. The van der Waals surface area contributed by atoms with Gasteiger partial charge in [0.2, 0.25) is 0 Å². The quantitative estimate of drug-likeness (QED) is 0.828. The van der Waals surface area contributed by atoms with Gasteiger partial charge in [0, 0.05) is 6.07 Å². The van der Waals surface area contributed by atoms with Gasteiger partial charge < -0.3 is 9.47 Å². The number of ether oxygens (including phenoxy) is 2. The fourth-order valence-corrected chi connectivity index (χ4v) is 3.11. The van der Waals surface area contributed by atoms with E-state index < -0.39 is 33.7 Å². The monoisotopic (exact) mass is 377 g/mol. The third-order valence-corrected chi connectivity index (χ3v) is 4.74. The van der Waals surface area contributed by atoms with E-state index in [1.54, 1.807) is 19.1 Å². The molecule has 0 saturated heterocycles. The number of alkyl halides is 4. The highest BCUT2D eigenvalue weighted by Crippen LogP contribution is 2.47. The van der Waals surface area contributed by atoms with Gasteiger partial charge in [-0.2, -0.15) is 17.6 Å². The van der Waals surface area contributed by atoms with Crippen molar-refractivity contribution >= 4 is 15.7 Å². The van der Waals surface area contributed by atoms with E-state index in [0.717, 1.165) is 23.8 Å². The Bertz CT molecular complexity index is 914. The minimum atomic E-state index is -4.88. The summed E-state index contributed by atoms with van der Waals surface area (Å²) in [7, 11) is -3.99. The minimum absolute atomic E-state index is 0.0511. The van der Waals surface area contributed by atoms with Crippen molar-refractivity contribution < 1.29 is 35.5 Å². The molecule has 0 aliphatic carbocycles. The van der Waals surface area contributed by atoms with E-state index in [4.69, 9.17) is 0 Å². The molecule has 0 fully saturated rings. The van der Waals surface area contributed by atoms with Crippen molar-refractivity contribution in [2.75, 3.05) is 4.72 Å². The lowest BCUT2D eigenvalue weighted by molar-refractivity contribution is -0.391. The molecule has 0 amide bonds. The molecule has 2 aromatic carbocycles. The largest absolute Gasteiger partial charge is 0.507 e. The predicted molar refractivity (Wildman–Crippen MR) is 79.6 cm³/mol. The van der Waals surface area contributed by atoms with Crippen LogP contribution in [0.2, 0.25) is 0 Å². The average molecular weight is 377 g/mol. The summed E-state index contributed by atoms with van der Waals surface area (Å²) in [6, 6.07) is 8.74. The second-order valence-corrected chi connectivity index (χ2v) is 7.00. The molecule has 0 unspecified atom stereocenters. The van der Waals surface area contributed by atoms with Gasteiger partial charge in [0.1, 0.15) is 0 Å². The summed E-state index contributed by atoms with van der Waals surface area (Å²) in [5, 5.41) is 0. The lowest BCUT2D eigenvalue weighted by Crippen LogP contribution is -2.52. The van der Waals surface area contributed by atoms with Crippen LogP contribution in [-0.2, 0) is 10.0 Å². The second-order valence-electron chi connectivity index (χ2n) is 5.32. The van der Waals surface area contributed by atoms with Crippen molar-refractivity contribution in [1.82, 2.24) is 0 Å². The fraction of sp³-hybridized carbons (Fsp3) is 0.200. The number of rotatable bonds is 3. The van der Waals surface area contributed by atoms with E-state index in [2.05, 4.69) is 14.2 Å². The molecule has 1 heterocycles. The highest BCUT2D eigenvalue weighted by atomic mass is 32.2. The molecule has 5 nitrogen and oxygen atoms in total. The average Bonchev–Trinajstić information content (AvgIpc) is 2.48. The molecular weight excluding hydrogens is 366 g/mol. The van der Waals surface area contributed by atoms with Crippen LogP contribution >= 0.6 is 0 Å². The fourth-order valence-electron chi connectivity index (χ4n) is 2.06. The van der Waals surface area contributed by atoms with Gasteiger partial charge in [-0.15, -0.1) is 0 Å². The molecule has 1 aliphatic rings. The molecule has 0 radical (unpaired) electrons. The Hall–Kier alpha value is -2.49. The Morgan fingerprint density at radius 1 is 0.880 bits per heavy atom. The Morgan fingerprint density at radius 3 is 2.04 bits per heavy atom. The first-order valence-electron chi connectivity index (χ1n) is 6.87. The van der Waals surface area contributed by atoms with Crippen molar-refractivity contribution in [3.8, 4) is 11.5 Å². The first-order valence-corrected chi connectivity index (χ1v) is 8.36. The summed E-state index contributed by atoms with van der Waals surface area (Å²) in [5.41, 5.74) is 0.699. The van der Waals surface area contributed by atoms with Crippen LogP contribution in [0.5, 0.6) is 11.5 Å². The predicted octanol–water partition coefficient (Wildman–Crippen LogP) is 3.75. The van der Waals surface area contributed by atoms with Gasteiger partial charge >= 0.3 is 12.2 Å². The Labute approximate surface area is 140 Å². The van der Waals surface area contributed by atoms with Gasteiger partial charge in [0.05, 0.1) is 10.6 Å². The molecule has 2 aromatic rings. The van der Waals surface area contributed by atoms with Crippen LogP contribution in [0.15, 0.2) is 47.4 Å². The number of halogens is 4. The van der Waals surface area contributed by atoms with E-state index in [1.807, 2.05) is 0 Å². The highest BCUT2D eigenvalue weighted by molar-refractivity contribution is 7.92. The summed E-state index contributed by atoms with van der Waals surface area (Å²) in [4.78, 5) is -0.0511. The van der Waals surface area contributed by atoms with Crippen LogP contribution in [0.4, 0.5) is 23.2 Å². The molecule has 1 aliphatic heterocycles. The summed E-state index contributed by atoms with van der Waals surface area (Å²) in [5.74, 6) is -1.34. The van der Waals surface area contributed by atoms with Gasteiger partial charge in [-0.25, -0.2) is 8.42 Å². The zero-order valence-corrected chi connectivity index (χ0v) is 13.4. The van der Waals surface area contributed by atoms with E-state index in [-0.39, 0.29) is 10.6 Å². The Balaban J connectivity index is 1.90. The molecule has 0 aromatic heterocycles. The second kappa shape index (κ2) is 5.51. The number of nitrogens with one attached hydrogen (secondary N) is 1. The molecule has 1 N–H and O–H groups in total. The number of aryl methyl sites for hydroxylation is 1. The van der Waals surface area contributed by atoms with E-state index in [9.17, 15) is 26.0 Å². The summed E-state index contributed by atoms with van der Waals surface area (Å²) >= 11 is 0. The molecule has 0 bridgehead atoms. The number of sulfonamides is 1. The van der Waals surface area contributed by atoms with Crippen molar-refractivity contribution in [3.05, 3.63) is 48.0 Å². The number of hydrogen-bond acceptors (Lipinski definition) is 4. The first-order chi connectivity index (χ1) is 11.5. The smallest absolute Gasteiger partial charge is 0.421 e. The van der Waals surface area contributed by atoms with Crippen LogP contribution < -0.4 is 14.2 Å². The molecule has 3 rings (SSSR count).